The maximum Gasteiger partial charge on any atom is 0.312 e. The number of hydrogen-bond donors (Lipinski definition) is 2. The van der Waals surface area contributed by atoms with Crippen molar-refractivity contribution in [1.29, 1.82) is 0 Å². The van der Waals surface area contributed by atoms with Crippen LogP contribution in [0.3, 0.4) is 0 Å². The van der Waals surface area contributed by atoms with Gasteiger partial charge in [-0.1, -0.05) is 13.8 Å². The van der Waals surface area contributed by atoms with E-state index in [9.17, 15) is 9.59 Å². The quantitative estimate of drug-likeness (QED) is 0.744. The number of nitrogens with one attached hydrogen (secondary N) is 1. The van der Waals surface area contributed by atoms with Crippen LogP contribution in [0.15, 0.2) is 0 Å². The number of nitrogens with two attached hydrogens (primary N) is 1. The molecule has 0 aliphatic carbocycles. The first-order chi connectivity index (χ1) is 7.52. The Morgan fingerprint density at radius 1 is 1.19 bits per heavy atom. The highest BCUT2D eigenvalue weighted by Crippen LogP contribution is 2.13. The number of rotatable bonds is 3. The van der Waals surface area contributed by atoms with E-state index in [4.69, 9.17) is 5.73 Å². The van der Waals surface area contributed by atoms with Crippen molar-refractivity contribution in [3.05, 3.63) is 0 Å². The van der Waals surface area contributed by atoms with Gasteiger partial charge in [-0.25, -0.2) is 4.79 Å². The highest BCUT2D eigenvalue weighted by molar-refractivity contribution is 5.86. The number of nitrogens with zero attached hydrogens (tertiary/aromatic N) is 1. The average molecular weight is 227 g/mol. The van der Waals surface area contributed by atoms with Crippen LogP contribution in [0.2, 0.25) is 0 Å². The number of amides is 3. The topological polar surface area (TPSA) is 75.4 Å². The monoisotopic (exact) mass is 227 g/mol. The molecule has 1 atom stereocenters. The summed E-state index contributed by atoms with van der Waals surface area (Å²) in [7, 11) is 0. The Hall–Kier alpha value is -1.26. The predicted molar refractivity (Wildman–Crippen MR) is 61.8 cm³/mol. The second-order valence-corrected chi connectivity index (χ2v) is 4.62. The molecule has 92 valence electrons. The molecule has 0 aromatic heterocycles. The van der Waals surface area contributed by atoms with Gasteiger partial charge in [-0.3, -0.25) is 4.79 Å². The van der Waals surface area contributed by atoms with E-state index in [0.717, 1.165) is 25.9 Å². The van der Waals surface area contributed by atoms with Gasteiger partial charge >= 0.3 is 6.03 Å². The molecule has 0 spiro atoms. The molecule has 1 heterocycles. The lowest BCUT2D eigenvalue weighted by molar-refractivity contribution is -0.135. The fourth-order valence-corrected chi connectivity index (χ4v) is 1.98. The molecule has 0 aromatic rings. The van der Waals surface area contributed by atoms with E-state index in [1.54, 1.807) is 0 Å². The van der Waals surface area contributed by atoms with E-state index in [-0.39, 0.29) is 11.8 Å². The third-order valence-electron chi connectivity index (χ3n) is 2.90. The van der Waals surface area contributed by atoms with Gasteiger partial charge in [0.15, 0.2) is 0 Å². The third kappa shape index (κ3) is 3.40. The Balaban J connectivity index is 2.61. The zero-order valence-corrected chi connectivity index (χ0v) is 10.0. The Bertz CT molecular complexity index is 260. The molecule has 1 aliphatic heterocycles. The molecule has 0 aromatic carbocycles. The molecule has 5 heteroatoms. The van der Waals surface area contributed by atoms with Crippen molar-refractivity contribution in [2.75, 3.05) is 13.1 Å². The van der Waals surface area contributed by atoms with Gasteiger partial charge in [-0.05, 0) is 25.2 Å². The maximum atomic E-state index is 12.1. The second-order valence-electron chi connectivity index (χ2n) is 4.62. The Morgan fingerprint density at radius 3 is 2.19 bits per heavy atom. The van der Waals surface area contributed by atoms with Gasteiger partial charge in [0.2, 0.25) is 5.91 Å². The summed E-state index contributed by atoms with van der Waals surface area (Å²) in [4.78, 5) is 24.8. The Morgan fingerprint density at radius 2 is 1.75 bits per heavy atom. The van der Waals surface area contributed by atoms with Crippen LogP contribution in [0.5, 0.6) is 0 Å². The van der Waals surface area contributed by atoms with E-state index in [1.807, 2.05) is 18.7 Å². The summed E-state index contributed by atoms with van der Waals surface area (Å²) in [5.41, 5.74) is 5.08. The van der Waals surface area contributed by atoms with Gasteiger partial charge in [0.25, 0.3) is 0 Å². The SMILES string of the molecule is CC(C)[C@@H](NC(N)=O)C(=O)N1CCCCC1. The van der Waals surface area contributed by atoms with Crippen LogP contribution in [-0.4, -0.2) is 36.0 Å². The lowest BCUT2D eigenvalue weighted by Gasteiger charge is -2.31. The summed E-state index contributed by atoms with van der Waals surface area (Å²) in [5.74, 6) is 0.0513. The zero-order chi connectivity index (χ0) is 12.1. The number of carbonyl (C=O) groups is 2. The normalized spacial score (nSPS) is 18.3. The first-order valence-electron chi connectivity index (χ1n) is 5.87. The van der Waals surface area contributed by atoms with Crippen LogP contribution in [0.25, 0.3) is 0 Å². The van der Waals surface area contributed by atoms with Gasteiger partial charge in [0.05, 0.1) is 0 Å². The first-order valence-corrected chi connectivity index (χ1v) is 5.87. The predicted octanol–water partition coefficient (Wildman–Crippen LogP) is 0.692. The summed E-state index contributed by atoms with van der Waals surface area (Å²) >= 11 is 0. The molecule has 5 nitrogen and oxygen atoms in total. The van der Waals surface area contributed by atoms with Gasteiger partial charge in [-0.15, -0.1) is 0 Å². The molecule has 0 bridgehead atoms. The standard InChI is InChI=1S/C11H21N3O2/c1-8(2)9(13-11(12)16)10(15)14-6-4-3-5-7-14/h8-9H,3-7H2,1-2H3,(H3,12,13,16)/t9-/m1/s1. The van der Waals surface area contributed by atoms with Gasteiger partial charge in [-0.2, -0.15) is 0 Å². The van der Waals surface area contributed by atoms with Gasteiger partial charge in [0, 0.05) is 13.1 Å². The van der Waals surface area contributed by atoms with E-state index in [1.165, 1.54) is 6.42 Å². The Labute approximate surface area is 96.4 Å². The average Bonchev–Trinajstić information content (AvgIpc) is 2.25. The number of primary amides is 1. The summed E-state index contributed by atoms with van der Waals surface area (Å²) in [6.07, 6.45) is 3.28. The van der Waals surface area contributed by atoms with E-state index in [2.05, 4.69) is 5.32 Å². The van der Waals surface area contributed by atoms with Crippen molar-refractivity contribution in [3.63, 3.8) is 0 Å². The fraction of sp³-hybridized carbons (Fsp3) is 0.818. The van der Waals surface area contributed by atoms with Crippen molar-refractivity contribution < 1.29 is 9.59 Å². The summed E-state index contributed by atoms with van der Waals surface area (Å²) < 4.78 is 0. The van der Waals surface area contributed by atoms with Crippen LogP contribution < -0.4 is 11.1 Å². The van der Waals surface area contributed by atoms with Crippen LogP contribution in [0.4, 0.5) is 4.79 Å². The van der Waals surface area contributed by atoms with Crippen LogP contribution in [0.1, 0.15) is 33.1 Å². The molecule has 1 fully saturated rings. The lowest BCUT2D eigenvalue weighted by atomic mass is 10.0. The molecule has 16 heavy (non-hydrogen) atoms. The summed E-state index contributed by atoms with van der Waals surface area (Å²) in [5, 5.41) is 2.52. The Kier molecular flexibility index (Phi) is 4.58. The molecule has 1 rings (SSSR count). The second kappa shape index (κ2) is 5.72. The number of piperidine rings is 1. The van der Waals surface area contributed by atoms with E-state index < -0.39 is 12.1 Å². The lowest BCUT2D eigenvalue weighted by Crippen LogP contribution is -2.53. The number of carbonyl (C=O) groups excluding carboxylic acids is 2. The van der Waals surface area contributed by atoms with E-state index in [0.29, 0.717) is 0 Å². The van der Waals surface area contributed by atoms with Crippen LogP contribution >= 0.6 is 0 Å². The van der Waals surface area contributed by atoms with Crippen LogP contribution in [0, 0.1) is 5.92 Å². The number of likely N-dealkylation sites (tertiary alicyclic amines) is 1. The molecular weight excluding hydrogens is 206 g/mol. The maximum absolute atomic E-state index is 12.1. The number of hydrogen-bond acceptors (Lipinski definition) is 2. The van der Waals surface area contributed by atoms with Gasteiger partial charge < -0.3 is 16.0 Å². The molecule has 3 N–H and O–H groups in total. The molecule has 0 saturated carbocycles. The summed E-state index contributed by atoms with van der Waals surface area (Å²) in [6.45, 7) is 5.40. The van der Waals surface area contributed by atoms with Crippen LogP contribution in [-0.2, 0) is 4.79 Å². The molecular formula is C11H21N3O2. The molecule has 3 amide bonds. The highest BCUT2D eigenvalue weighted by atomic mass is 16.2. The van der Waals surface area contributed by atoms with Gasteiger partial charge in [0.1, 0.15) is 6.04 Å². The minimum Gasteiger partial charge on any atom is -0.352 e. The third-order valence-corrected chi connectivity index (χ3v) is 2.90. The minimum absolute atomic E-state index is 0.00602. The highest BCUT2D eigenvalue weighted by Gasteiger charge is 2.28. The molecule has 0 radical (unpaired) electrons. The largest absolute Gasteiger partial charge is 0.352 e. The number of urea groups is 1. The van der Waals surface area contributed by atoms with Crippen molar-refractivity contribution in [1.82, 2.24) is 10.2 Å². The molecule has 0 unspecified atom stereocenters. The van der Waals surface area contributed by atoms with Crippen molar-refractivity contribution in [2.45, 2.75) is 39.2 Å². The smallest absolute Gasteiger partial charge is 0.312 e. The van der Waals surface area contributed by atoms with Crippen molar-refractivity contribution >= 4 is 11.9 Å². The minimum atomic E-state index is -0.635. The zero-order valence-electron chi connectivity index (χ0n) is 10.0. The summed E-state index contributed by atoms with van der Waals surface area (Å²) in [6, 6.07) is -1.13. The first kappa shape index (κ1) is 12.8. The van der Waals surface area contributed by atoms with Crippen molar-refractivity contribution in [3.8, 4) is 0 Å². The van der Waals surface area contributed by atoms with Crippen molar-refractivity contribution in [2.24, 2.45) is 11.7 Å². The fourth-order valence-electron chi connectivity index (χ4n) is 1.98. The molecule has 1 saturated heterocycles. The van der Waals surface area contributed by atoms with E-state index >= 15 is 0 Å². The molecule has 1 aliphatic rings.